The van der Waals surface area contributed by atoms with Gasteiger partial charge in [0.15, 0.2) is 5.41 Å². The van der Waals surface area contributed by atoms with Gasteiger partial charge in [0.1, 0.15) is 5.75 Å². The lowest BCUT2D eigenvalue weighted by molar-refractivity contribution is -0.149. The SMILES string of the molecule is COc1ccc(NC(=O)C2(C(=O)O)CC2(C)C)cc1. The molecule has 0 heterocycles. The van der Waals surface area contributed by atoms with Gasteiger partial charge >= 0.3 is 5.97 Å². The predicted octanol–water partition coefficient (Wildman–Crippen LogP) is 2.13. The van der Waals surface area contributed by atoms with E-state index in [1.165, 1.54) is 0 Å². The normalized spacial score (nSPS) is 23.5. The van der Waals surface area contributed by atoms with Gasteiger partial charge < -0.3 is 15.2 Å². The number of carbonyl (C=O) groups excluding carboxylic acids is 1. The molecule has 0 bridgehead atoms. The molecule has 5 heteroatoms. The number of ether oxygens (including phenoxy) is 1. The van der Waals surface area contributed by atoms with Crippen molar-refractivity contribution in [2.75, 3.05) is 12.4 Å². The van der Waals surface area contributed by atoms with Crippen molar-refractivity contribution >= 4 is 17.6 Å². The van der Waals surface area contributed by atoms with Gasteiger partial charge in [0, 0.05) is 5.69 Å². The molecule has 1 fully saturated rings. The van der Waals surface area contributed by atoms with E-state index in [0.29, 0.717) is 17.9 Å². The van der Waals surface area contributed by atoms with Crippen molar-refractivity contribution < 1.29 is 19.4 Å². The van der Waals surface area contributed by atoms with Gasteiger partial charge in [-0.3, -0.25) is 9.59 Å². The molecule has 1 aliphatic carbocycles. The summed E-state index contributed by atoms with van der Waals surface area (Å²) in [5.74, 6) is -0.851. The number of anilines is 1. The summed E-state index contributed by atoms with van der Waals surface area (Å²) in [6.07, 6.45) is 0.358. The van der Waals surface area contributed by atoms with Crippen LogP contribution in [0.1, 0.15) is 20.3 Å². The fourth-order valence-corrected chi connectivity index (χ4v) is 2.38. The number of carboxylic acids is 1. The Morgan fingerprint density at radius 1 is 1.26 bits per heavy atom. The van der Waals surface area contributed by atoms with Crippen LogP contribution in [0.2, 0.25) is 0 Å². The summed E-state index contributed by atoms with van der Waals surface area (Å²) >= 11 is 0. The van der Waals surface area contributed by atoms with Crippen LogP contribution in [0.4, 0.5) is 5.69 Å². The Bertz CT molecular complexity index is 521. The summed E-state index contributed by atoms with van der Waals surface area (Å²) in [5, 5.41) is 11.9. The lowest BCUT2D eigenvalue weighted by Gasteiger charge is -2.15. The van der Waals surface area contributed by atoms with Gasteiger partial charge in [-0.2, -0.15) is 0 Å². The quantitative estimate of drug-likeness (QED) is 0.816. The summed E-state index contributed by atoms with van der Waals surface area (Å²) in [6.45, 7) is 3.57. The third-order valence-corrected chi connectivity index (χ3v) is 3.84. The van der Waals surface area contributed by atoms with E-state index in [0.717, 1.165) is 0 Å². The average Bonchev–Trinajstić information content (AvgIpc) is 2.95. The summed E-state index contributed by atoms with van der Waals surface area (Å²) in [5.41, 5.74) is -1.25. The Morgan fingerprint density at radius 3 is 2.16 bits per heavy atom. The van der Waals surface area contributed by atoms with Gasteiger partial charge in [0.2, 0.25) is 5.91 Å². The lowest BCUT2D eigenvalue weighted by Crippen LogP contribution is -2.35. The van der Waals surface area contributed by atoms with Gasteiger partial charge in [-0.1, -0.05) is 13.8 Å². The molecule has 1 aromatic rings. The molecule has 0 spiro atoms. The van der Waals surface area contributed by atoms with Crippen LogP contribution in [0, 0.1) is 10.8 Å². The van der Waals surface area contributed by atoms with Gasteiger partial charge in [-0.15, -0.1) is 0 Å². The van der Waals surface area contributed by atoms with E-state index < -0.39 is 22.7 Å². The second kappa shape index (κ2) is 4.26. The zero-order valence-corrected chi connectivity index (χ0v) is 11.2. The van der Waals surface area contributed by atoms with Crippen LogP contribution in [-0.2, 0) is 9.59 Å². The Hall–Kier alpha value is -2.04. The van der Waals surface area contributed by atoms with Crippen molar-refractivity contribution in [1.82, 2.24) is 0 Å². The van der Waals surface area contributed by atoms with E-state index in [2.05, 4.69) is 5.32 Å². The number of methoxy groups -OCH3 is 1. The monoisotopic (exact) mass is 263 g/mol. The number of hydrogen-bond acceptors (Lipinski definition) is 3. The molecule has 0 saturated heterocycles. The van der Waals surface area contributed by atoms with Crippen LogP contribution in [-0.4, -0.2) is 24.1 Å². The summed E-state index contributed by atoms with van der Waals surface area (Å²) < 4.78 is 5.02. The van der Waals surface area contributed by atoms with E-state index >= 15 is 0 Å². The minimum Gasteiger partial charge on any atom is -0.497 e. The molecule has 1 aromatic carbocycles. The standard InChI is InChI=1S/C14H17NO4/c1-13(2)8-14(13,12(17)18)11(16)15-9-4-6-10(19-3)7-5-9/h4-7H,8H2,1-3H3,(H,15,16)(H,17,18). The zero-order chi connectivity index (χ0) is 14.3. The molecule has 1 saturated carbocycles. The van der Waals surface area contributed by atoms with Gasteiger partial charge in [-0.05, 0) is 36.1 Å². The number of carboxylic acid groups (broad SMARTS) is 1. The maximum atomic E-state index is 12.2. The van der Waals surface area contributed by atoms with Crippen molar-refractivity contribution in [3.63, 3.8) is 0 Å². The molecule has 1 amide bonds. The zero-order valence-electron chi connectivity index (χ0n) is 11.2. The number of carbonyl (C=O) groups is 2. The maximum absolute atomic E-state index is 12.2. The highest BCUT2D eigenvalue weighted by Gasteiger charge is 2.71. The topological polar surface area (TPSA) is 75.6 Å². The minimum absolute atomic E-state index is 0.358. The number of nitrogens with one attached hydrogen (secondary N) is 1. The molecule has 2 N–H and O–H groups in total. The van der Waals surface area contributed by atoms with Crippen molar-refractivity contribution in [3.05, 3.63) is 24.3 Å². The summed E-state index contributed by atoms with van der Waals surface area (Å²) in [4.78, 5) is 23.5. The number of amides is 1. The van der Waals surface area contributed by atoms with Crippen molar-refractivity contribution in [2.24, 2.45) is 10.8 Å². The lowest BCUT2D eigenvalue weighted by atomic mass is 9.95. The first-order valence-electron chi connectivity index (χ1n) is 6.02. The van der Waals surface area contributed by atoms with Gasteiger partial charge in [-0.25, -0.2) is 0 Å². The summed E-state index contributed by atoms with van der Waals surface area (Å²) in [6, 6.07) is 6.78. The fourth-order valence-electron chi connectivity index (χ4n) is 2.38. The molecule has 1 unspecified atom stereocenters. The molecule has 19 heavy (non-hydrogen) atoms. The van der Waals surface area contributed by atoms with Gasteiger partial charge in [0.25, 0.3) is 0 Å². The molecule has 0 radical (unpaired) electrons. The molecule has 0 aromatic heterocycles. The van der Waals surface area contributed by atoms with E-state index in [1.807, 2.05) is 0 Å². The molecule has 5 nitrogen and oxygen atoms in total. The van der Waals surface area contributed by atoms with E-state index in [-0.39, 0.29) is 0 Å². The third-order valence-electron chi connectivity index (χ3n) is 3.84. The Kier molecular flexibility index (Phi) is 3.00. The molecular weight excluding hydrogens is 246 g/mol. The second-order valence-corrected chi connectivity index (χ2v) is 5.45. The third kappa shape index (κ3) is 2.05. The van der Waals surface area contributed by atoms with Crippen LogP contribution in [0.15, 0.2) is 24.3 Å². The molecule has 1 atom stereocenters. The number of rotatable bonds is 4. The maximum Gasteiger partial charge on any atom is 0.319 e. The van der Waals surface area contributed by atoms with Crippen molar-refractivity contribution in [1.29, 1.82) is 0 Å². The number of benzene rings is 1. The Morgan fingerprint density at radius 2 is 1.79 bits per heavy atom. The smallest absolute Gasteiger partial charge is 0.319 e. The van der Waals surface area contributed by atoms with Crippen LogP contribution in [0.3, 0.4) is 0 Å². The molecular formula is C14H17NO4. The highest BCUT2D eigenvalue weighted by Crippen LogP contribution is 2.64. The second-order valence-electron chi connectivity index (χ2n) is 5.45. The van der Waals surface area contributed by atoms with E-state index in [4.69, 9.17) is 4.74 Å². The fraction of sp³-hybridized carbons (Fsp3) is 0.429. The van der Waals surface area contributed by atoms with Crippen molar-refractivity contribution in [3.8, 4) is 5.75 Å². The first kappa shape index (κ1) is 13.4. The number of hydrogen-bond donors (Lipinski definition) is 2. The molecule has 1 aliphatic rings. The first-order valence-corrected chi connectivity index (χ1v) is 6.02. The van der Waals surface area contributed by atoms with E-state index in [1.54, 1.807) is 45.2 Å². The Labute approximate surface area is 111 Å². The van der Waals surface area contributed by atoms with Crippen LogP contribution in [0.5, 0.6) is 5.75 Å². The van der Waals surface area contributed by atoms with Crippen LogP contribution >= 0.6 is 0 Å². The molecule has 0 aliphatic heterocycles. The molecule has 2 rings (SSSR count). The van der Waals surface area contributed by atoms with Crippen LogP contribution in [0.25, 0.3) is 0 Å². The highest BCUT2D eigenvalue weighted by atomic mass is 16.5. The van der Waals surface area contributed by atoms with Crippen LogP contribution < -0.4 is 10.1 Å². The Balaban J connectivity index is 2.15. The average molecular weight is 263 g/mol. The van der Waals surface area contributed by atoms with Crippen molar-refractivity contribution in [2.45, 2.75) is 20.3 Å². The first-order chi connectivity index (χ1) is 8.83. The highest BCUT2D eigenvalue weighted by molar-refractivity contribution is 6.12. The van der Waals surface area contributed by atoms with Gasteiger partial charge in [0.05, 0.1) is 7.11 Å². The van der Waals surface area contributed by atoms with E-state index in [9.17, 15) is 14.7 Å². The minimum atomic E-state index is -1.31. The molecule has 102 valence electrons. The number of aliphatic carboxylic acids is 1. The largest absolute Gasteiger partial charge is 0.497 e. The summed E-state index contributed by atoms with van der Waals surface area (Å²) in [7, 11) is 1.56. The predicted molar refractivity (Wildman–Crippen MR) is 70.1 cm³/mol.